The Bertz CT molecular complexity index is 1180. The van der Waals surface area contributed by atoms with Crippen molar-refractivity contribution < 1.29 is 23.6 Å². The highest BCUT2D eigenvalue weighted by Crippen LogP contribution is 2.28. The van der Waals surface area contributed by atoms with Gasteiger partial charge in [0.1, 0.15) is 0 Å². The third-order valence-corrected chi connectivity index (χ3v) is 5.60. The van der Waals surface area contributed by atoms with Crippen molar-refractivity contribution in [2.24, 2.45) is 0 Å². The van der Waals surface area contributed by atoms with E-state index in [1.807, 2.05) is 19.1 Å². The fraction of sp³-hybridized carbons (Fsp3) is 0.167. The second-order valence-electron chi connectivity index (χ2n) is 7.27. The van der Waals surface area contributed by atoms with E-state index in [2.05, 4.69) is 12.6 Å². The van der Waals surface area contributed by atoms with Crippen molar-refractivity contribution in [3.05, 3.63) is 88.9 Å². The molecule has 1 aliphatic rings. The molecule has 2 aromatic carbocycles. The zero-order valence-corrected chi connectivity index (χ0v) is 18.2. The number of rotatable bonds is 6. The number of hydrogen-bond donors (Lipinski definition) is 1. The summed E-state index contributed by atoms with van der Waals surface area (Å²) in [6.07, 6.45) is 2.34. The fourth-order valence-corrected chi connectivity index (χ4v) is 3.96. The maximum absolute atomic E-state index is 12.9. The number of fused-ring (bicyclic) bond motifs is 1. The number of anilines is 1. The molecule has 7 nitrogen and oxygen atoms in total. The molecule has 0 unspecified atom stereocenters. The normalized spacial score (nSPS) is 12.8. The molecule has 0 saturated heterocycles. The summed E-state index contributed by atoms with van der Waals surface area (Å²) in [5.41, 5.74) is 2.71. The summed E-state index contributed by atoms with van der Waals surface area (Å²) in [5.74, 6) is -1.36. The topological polar surface area (TPSA) is 87.9 Å². The van der Waals surface area contributed by atoms with Crippen LogP contribution in [0.3, 0.4) is 0 Å². The van der Waals surface area contributed by atoms with E-state index in [1.165, 1.54) is 17.2 Å². The van der Waals surface area contributed by atoms with Crippen molar-refractivity contribution in [3.8, 4) is 0 Å². The van der Waals surface area contributed by atoms with E-state index < -0.39 is 11.1 Å². The SMILES string of the molecule is CCc1ccc(N(C(=O)S)C(=O)c2ccco2)c(CCN2C(=O)c3ccccc3C2=O)c1. The Morgan fingerprint density at radius 2 is 1.69 bits per heavy atom. The molecule has 0 aliphatic carbocycles. The maximum Gasteiger partial charge on any atom is 0.301 e. The monoisotopic (exact) mass is 448 g/mol. The van der Waals surface area contributed by atoms with Crippen LogP contribution < -0.4 is 4.90 Å². The third-order valence-electron chi connectivity index (χ3n) is 5.40. The van der Waals surface area contributed by atoms with Crippen LogP contribution in [0.1, 0.15) is 49.3 Å². The molecule has 0 fully saturated rings. The average molecular weight is 449 g/mol. The van der Waals surface area contributed by atoms with Crippen LogP contribution in [-0.4, -0.2) is 34.4 Å². The van der Waals surface area contributed by atoms with Gasteiger partial charge >= 0.3 is 5.91 Å². The molecule has 0 radical (unpaired) electrons. The molecule has 0 saturated carbocycles. The Kier molecular flexibility index (Phi) is 5.96. The van der Waals surface area contributed by atoms with Gasteiger partial charge in [-0.2, -0.15) is 0 Å². The summed E-state index contributed by atoms with van der Waals surface area (Å²) in [6, 6.07) is 15.1. The number of imide groups is 2. The van der Waals surface area contributed by atoms with Crippen LogP contribution >= 0.6 is 12.6 Å². The molecule has 32 heavy (non-hydrogen) atoms. The van der Waals surface area contributed by atoms with Crippen LogP contribution in [0.5, 0.6) is 0 Å². The van der Waals surface area contributed by atoms with Crippen LogP contribution in [0.4, 0.5) is 10.5 Å². The lowest BCUT2D eigenvalue weighted by Crippen LogP contribution is -2.35. The first-order chi connectivity index (χ1) is 15.4. The Hall–Kier alpha value is -3.65. The van der Waals surface area contributed by atoms with Gasteiger partial charge in [0, 0.05) is 6.54 Å². The minimum Gasteiger partial charge on any atom is -0.459 e. The molecule has 162 valence electrons. The largest absolute Gasteiger partial charge is 0.459 e. The van der Waals surface area contributed by atoms with Gasteiger partial charge in [0.15, 0.2) is 5.76 Å². The van der Waals surface area contributed by atoms with E-state index in [4.69, 9.17) is 4.42 Å². The van der Waals surface area contributed by atoms with Crippen LogP contribution in [0.2, 0.25) is 0 Å². The van der Waals surface area contributed by atoms with E-state index in [0.717, 1.165) is 16.9 Å². The van der Waals surface area contributed by atoms with Gasteiger partial charge < -0.3 is 4.42 Å². The van der Waals surface area contributed by atoms with Crippen molar-refractivity contribution >= 4 is 41.3 Å². The molecular formula is C24H20N2O5S. The number of carbonyl (C=O) groups is 4. The van der Waals surface area contributed by atoms with E-state index in [0.29, 0.717) is 22.4 Å². The predicted molar refractivity (Wildman–Crippen MR) is 121 cm³/mol. The highest BCUT2D eigenvalue weighted by molar-refractivity contribution is 7.97. The van der Waals surface area contributed by atoms with Crippen molar-refractivity contribution in [3.63, 3.8) is 0 Å². The first kappa shape index (κ1) is 21.6. The van der Waals surface area contributed by atoms with Gasteiger partial charge in [-0.05, 0) is 54.3 Å². The highest BCUT2D eigenvalue weighted by Gasteiger charge is 2.35. The lowest BCUT2D eigenvalue weighted by Gasteiger charge is -2.22. The first-order valence-corrected chi connectivity index (χ1v) is 10.5. The molecule has 4 rings (SSSR count). The Morgan fingerprint density at radius 1 is 1.00 bits per heavy atom. The summed E-state index contributed by atoms with van der Waals surface area (Å²) in [7, 11) is 0. The minimum absolute atomic E-state index is 0.00161. The van der Waals surface area contributed by atoms with E-state index >= 15 is 0 Å². The van der Waals surface area contributed by atoms with Gasteiger partial charge in [-0.15, -0.1) is 0 Å². The summed E-state index contributed by atoms with van der Waals surface area (Å²) >= 11 is 3.89. The number of aryl methyl sites for hydroxylation is 1. The molecule has 0 atom stereocenters. The molecule has 8 heteroatoms. The molecule has 1 aliphatic heterocycles. The molecule has 4 amide bonds. The molecule has 0 bridgehead atoms. The standard InChI is InChI=1S/C24H20N2O5S/c1-2-15-9-10-19(26(24(30)32)23(29)20-8-5-13-31-20)16(14-15)11-12-25-21(27)17-6-3-4-7-18(17)22(25)28/h3-10,13-14H,2,11-12H2,1H3,(H,30,32). The average Bonchev–Trinajstić information content (AvgIpc) is 3.41. The molecular weight excluding hydrogens is 428 g/mol. The Balaban J connectivity index is 1.65. The number of amides is 4. The molecule has 0 N–H and O–H groups in total. The molecule has 0 spiro atoms. The summed E-state index contributed by atoms with van der Waals surface area (Å²) < 4.78 is 5.16. The molecule has 1 aromatic heterocycles. The van der Waals surface area contributed by atoms with E-state index in [1.54, 1.807) is 36.4 Å². The van der Waals surface area contributed by atoms with Crippen molar-refractivity contribution in [1.29, 1.82) is 0 Å². The van der Waals surface area contributed by atoms with Gasteiger partial charge in [-0.3, -0.25) is 24.1 Å². The summed E-state index contributed by atoms with van der Waals surface area (Å²) in [5, 5.41) is -0.766. The van der Waals surface area contributed by atoms with Gasteiger partial charge in [0.25, 0.3) is 17.1 Å². The lowest BCUT2D eigenvalue weighted by molar-refractivity contribution is 0.0655. The maximum atomic E-state index is 12.9. The van der Waals surface area contributed by atoms with E-state index in [-0.39, 0.29) is 30.5 Å². The van der Waals surface area contributed by atoms with Gasteiger partial charge in [-0.25, -0.2) is 4.90 Å². The summed E-state index contributed by atoms with van der Waals surface area (Å²) in [6.45, 7) is 2.09. The smallest absolute Gasteiger partial charge is 0.301 e. The second kappa shape index (κ2) is 8.84. The second-order valence-corrected chi connectivity index (χ2v) is 7.66. The van der Waals surface area contributed by atoms with Crippen LogP contribution in [0.25, 0.3) is 0 Å². The fourth-order valence-electron chi connectivity index (χ4n) is 3.76. The number of carbonyl (C=O) groups excluding carboxylic acids is 4. The van der Waals surface area contributed by atoms with E-state index in [9.17, 15) is 19.2 Å². The number of furan rings is 1. The molecule has 2 heterocycles. The zero-order valence-electron chi connectivity index (χ0n) is 17.3. The third kappa shape index (κ3) is 3.85. The molecule has 3 aromatic rings. The zero-order chi connectivity index (χ0) is 22.8. The Labute approximate surface area is 190 Å². The van der Waals surface area contributed by atoms with Gasteiger partial charge in [-0.1, -0.05) is 43.8 Å². The number of thiol groups is 1. The number of benzene rings is 2. The highest BCUT2D eigenvalue weighted by atomic mass is 32.1. The van der Waals surface area contributed by atoms with Gasteiger partial charge in [0.05, 0.1) is 23.1 Å². The Morgan fingerprint density at radius 3 is 2.25 bits per heavy atom. The number of nitrogens with zero attached hydrogens (tertiary/aromatic N) is 2. The lowest BCUT2D eigenvalue weighted by atomic mass is 10.0. The predicted octanol–water partition coefficient (Wildman–Crippen LogP) is 4.38. The summed E-state index contributed by atoms with van der Waals surface area (Å²) in [4.78, 5) is 52.7. The minimum atomic E-state index is -0.766. The number of hydrogen-bond acceptors (Lipinski definition) is 5. The van der Waals surface area contributed by atoms with Crippen LogP contribution in [-0.2, 0) is 12.8 Å². The van der Waals surface area contributed by atoms with Crippen molar-refractivity contribution in [2.75, 3.05) is 11.4 Å². The first-order valence-electron chi connectivity index (χ1n) is 10.1. The van der Waals surface area contributed by atoms with Crippen LogP contribution in [0.15, 0.2) is 65.3 Å². The van der Waals surface area contributed by atoms with Gasteiger partial charge in [0.2, 0.25) is 0 Å². The van der Waals surface area contributed by atoms with Crippen molar-refractivity contribution in [1.82, 2.24) is 4.90 Å². The quantitative estimate of drug-likeness (QED) is 0.447. The van der Waals surface area contributed by atoms with Crippen LogP contribution in [0, 0.1) is 0 Å². The van der Waals surface area contributed by atoms with Crippen molar-refractivity contribution in [2.45, 2.75) is 19.8 Å².